The number of aromatic nitrogens is 6. The zero-order chi connectivity index (χ0) is 19.4. The summed E-state index contributed by atoms with van der Waals surface area (Å²) in [5.74, 6) is -1.28. The maximum Gasteiger partial charge on any atom is 0.226 e. The van der Waals surface area contributed by atoms with E-state index in [9.17, 15) is 13.6 Å². The van der Waals surface area contributed by atoms with E-state index in [-0.39, 0.29) is 12.3 Å². The van der Waals surface area contributed by atoms with Gasteiger partial charge in [0.2, 0.25) is 5.91 Å². The van der Waals surface area contributed by atoms with Gasteiger partial charge in [0.1, 0.15) is 23.8 Å². The van der Waals surface area contributed by atoms with Gasteiger partial charge in [0.25, 0.3) is 0 Å². The Labute approximate surface area is 156 Å². The Hall–Kier alpha value is -3.69. The summed E-state index contributed by atoms with van der Waals surface area (Å²) >= 11 is 0. The van der Waals surface area contributed by atoms with Crippen LogP contribution in [0, 0.1) is 18.6 Å². The first kappa shape index (κ1) is 16.5. The minimum absolute atomic E-state index is 0.0698. The van der Waals surface area contributed by atoms with Gasteiger partial charge in [-0.3, -0.25) is 4.79 Å². The summed E-state index contributed by atoms with van der Waals surface area (Å²) in [6.07, 6.45) is 1.53. The Kier molecular flexibility index (Phi) is 3.48. The van der Waals surface area contributed by atoms with Crippen LogP contribution in [0.1, 0.15) is 29.2 Å². The second-order valence-electron chi connectivity index (χ2n) is 6.59. The summed E-state index contributed by atoms with van der Waals surface area (Å²) in [6, 6.07) is 6.72. The lowest BCUT2D eigenvalue weighted by Gasteiger charge is -2.24. The minimum Gasteiger partial charge on any atom is -0.310 e. The number of hydrogen-bond acceptors (Lipinski definition) is 5. The molecule has 0 saturated carbocycles. The summed E-state index contributed by atoms with van der Waals surface area (Å²) in [5.41, 5.74) is 2.29. The van der Waals surface area contributed by atoms with E-state index in [0.29, 0.717) is 34.1 Å². The number of halogens is 2. The molecule has 4 aromatic rings. The van der Waals surface area contributed by atoms with Crippen LogP contribution in [0.5, 0.6) is 0 Å². The Bertz CT molecular complexity index is 1230. The first-order chi connectivity index (χ1) is 13.5. The van der Waals surface area contributed by atoms with Crippen LogP contribution < -0.4 is 5.32 Å². The Morgan fingerprint density at radius 1 is 1.14 bits per heavy atom. The van der Waals surface area contributed by atoms with Gasteiger partial charge in [-0.15, -0.1) is 15.3 Å². The van der Waals surface area contributed by atoms with Gasteiger partial charge in [-0.2, -0.15) is 14.3 Å². The number of fused-ring (bicyclic) bond motifs is 2. The second kappa shape index (κ2) is 5.91. The van der Waals surface area contributed by atoms with E-state index < -0.39 is 17.6 Å². The molecule has 8 nitrogen and oxygen atoms in total. The number of hydrogen-bond donors (Lipinski definition) is 1. The highest BCUT2D eigenvalue weighted by Gasteiger charge is 2.33. The number of amides is 1. The van der Waals surface area contributed by atoms with Crippen LogP contribution in [0.25, 0.3) is 11.5 Å². The van der Waals surface area contributed by atoms with E-state index in [4.69, 9.17) is 0 Å². The number of anilines is 1. The Balaban J connectivity index is 1.69. The van der Waals surface area contributed by atoms with E-state index in [1.807, 2.05) is 0 Å². The van der Waals surface area contributed by atoms with Crippen LogP contribution in [0.3, 0.4) is 0 Å². The monoisotopic (exact) mass is 381 g/mol. The van der Waals surface area contributed by atoms with Crippen molar-refractivity contribution in [3.05, 3.63) is 65.1 Å². The number of nitrogens with zero attached hydrogens (tertiary/aromatic N) is 6. The van der Waals surface area contributed by atoms with Gasteiger partial charge < -0.3 is 5.32 Å². The summed E-state index contributed by atoms with van der Waals surface area (Å²) < 4.78 is 30.5. The van der Waals surface area contributed by atoms with Crippen molar-refractivity contribution in [1.82, 2.24) is 29.6 Å². The maximum absolute atomic E-state index is 13.8. The molecule has 0 radical (unpaired) electrons. The number of rotatable bonds is 2. The van der Waals surface area contributed by atoms with Gasteiger partial charge >= 0.3 is 0 Å². The molecule has 28 heavy (non-hydrogen) atoms. The Morgan fingerprint density at radius 3 is 2.71 bits per heavy atom. The SMILES string of the molecule is Cc1nn(-c2ccc3nncn3n2)c2c1[C@H](c1cc(F)cc(F)c1)CC(=O)N2. The van der Waals surface area contributed by atoms with Gasteiger partial charge in [-0.05, 0) is 36.8 Å². The second-order valence-corrected chi connectivity index (χ2v) is 6.59. The average Bonchev–Trinajstić information content (AvgIpc) is 3.24. The minimum atomic E-state index is -0.688. The summed E-state index contributed by atoms with van der Waals surface area (Å²) in [4.78, 5) is 12.4. The molecule has 3 aromatic heterocycles. The van der Waals surface area contributed by atoms with Crippen LogP contribution in [-0.4, -0.2) is 35.5 Å². The number of nitrogens with one attached hydrogen (secondary N) is 1. The number of carbonyl (C=O) groups excluding carboxylic acids is 1. The molecule has 5 rings (SSSR count). The fourth-order valence-corrected chi connectivity index (χ4v) is 3.61. The highest BCUT2D eigenvalue weighted by molar-refractivity contribution is 5.95. The van der Waals surface area contributed by atoms with E-state index in [1.165, 1.54) is 27.7 Å². The molecule has 0 fully saturated rings. The van der Waals surface area contributed by atoms with Crippen LogP contribution in [-0.2, 0) is 4.79 Å². The predicted molar refractivity (Wildman–Crippen MR) is 94.1 cm³/mol. The molecule has 4 heterocycles. The third-order valence-corrected chi connectivity index (χ3v) is 4.75. The standard InChI is InChI=1S/C18H13F2N7O/c1-9-17-13(10-4-11(19)6-12(20)5-10)7-16(28)22-18(17)27(24-9)15-3-2-14-23-21-8-26(14)25-15/h2-6,8,13H,7H2,1H3,(H,22,28)/t13-/m0/s1. The van der Waals surface area contributed by atoms with Crippen molar-refractivity contribution in [1.29, 1.82) is 0 Å². The molecular formula is C18H13F2N7O. The Morgan fingerprint density at radius 2 is 1.93 bits per heavy atom. The lowest BCUT2D eigenvalue weighted by molar-refractivity contribution is -0.116. The first-order valence-electron chi connectivity index (χ1n) is 8.52. The van der Waals surface area contributed by atoms with Crippen molar-refractivity contribution in [2.24, 2.45) is 0 Å². The molecule has 1 aliphatic heterocycles. The first-order valence-corrected chi connectivity index (χ1v) is 8.52. The zero-order valence-electron chi connectivity index (χ0n) is 14.6. The van der Waals surface area contributed by atoms with Gasteiger partial charge in [-0.1, -0.05) is 0 Å². The molecule has 1 atom stereocenters. The van der Waals surface area contributed by atoms with Crippen molar-refractivity contribution >= 4 is 17.4 Å². The molecule has 10 heteroatoms. The molecule has 0 saturated heterocycles. The van der Waals surface area contributed by atoms with Gasteiger partial charge in [0, 0.05) is 24.0 Å². The molecule has 1 aromatic carbocycles. The van der Waals surface area contributed by atoms with Crippen LogP contribution in [0.2, 0.25) is 0 Å². The molecule has 140 valence electrons. The fraction of sp³-hybridized carbons (Fsp3) is 0.167. The summed E-state index contributed by atoms with van der Waals surface area (Å²) in [7, 11) is 0. The van der Waals surface area contributed by atoms with Crippen LogP contribution >= 0.6 is 0 Å². The van der Waals surface area contributed by atoms with E-state index in [2.05, 4.69) is 25.7 Å². The van der Waals surface area contributed by atoms with Crippen molar-refractivity contribution in [3.63, 3.8) is 0 Å². The normalized spacial score (nSPS) is 16.2. The molecule has 1 amide bonds. The number of benzene rings is 1. The highest BCUT2D eigenvalue weighted by atomic mass is 19.1. The van der Waals surface area contributed by atoms with Gasteiger partial charge in [0.15, 0.2) is 11.5 Å². The van der Waals surface area contributed by atoms with Crippen LogP contribution in [0.4, 0.5) is 14.6 Å². The zero-order valence-corrected chi connectivity index (χ0v) is 14.6. The van der Waals surface area contributed by atoms with E-state index >= 15 is 0 Å². The third kappa shape index (κ3) is 2.53. The van der Waals surface area contributed by atoms with Gasteiger partial charge in [0.05, 0.1) is 5.69 Å². The van der Waals surface area contributed by atoms with Gasteiger partial charge in [-0.25, -0.2) is 8.78 Å². The summed E-state index contributed by atoms with van der Waals surface area (Å²) in [6.45, 7) is 1.78. The molecule has 0 bridgehead atoms. The third-order valence-electron chi connectivity index (χ3n) is 4.75. The van der Waals surface area contributed by atoms with E-state index in [1.54, 1.807) is 19.1 Å². The molecule has 0 aliphatic carbocycles. The molecular weight excluding hydrogens is 368 g/mol. The largest absolute Gasteiger partial charge is 0.310 e. The van der Waals surface area contributed by atoms with Crippen LogP contribution in [0.15, 0.2) is 36.7 Å². The average molecular weight is 381 g/mol. The summed E-state index contributed by atoms with van der Waals surface area (Å²) in [5, 5.41) is 19.4. The highest BCUT2D eigenvalue weighted by Crippen LogP contribution is 2.40. The quantitative estimate of drug-likeness (QED) is 0.576. The van der Waals surface area contributed by atoms with Crippen molar-refractivity contribution in [2.45, 2.75) is 19.3 Å². The predicted octanol–water partition coefficient (Wildman–Crippen LogP) is 2.37. The molecule has 0 spiro atoms. The van der Waals surface area contributed by atoms with Crippen molar-refractivity contribution < 1.29 is 13.6 Å². The van der Waals surface area contributed by atoms with Crippen molar-refractivity contribution in [2.75, 3.05) is 5.32 Å². The lowest BCUT2D eigenvalue weighted by atomic mass is 9.85. The van der Waals surface area contributed by atoms with Crippen molar-refractivity contribution in [3.8, 4) is 5.82 Å². The van der Waals surface area contributed by atoms with E-state index in [0.717, 1.165) is 6.07 Å². The molecule has 1 aliphatic rings. The smallest absolute Gasteiger partial charge is 0.226 e. The maximum atomic E-state index is 13.8. The lowest BCUT2D eigenvalue weighted by Crippen LogP contribution is -2.25. The molecule has 0 unspecified atom stereocenters. The fourth-order valence-electron chi connectivity index (χ4n) is 3.61. The molecule has 1 N–H and O–H groups in total. The number of carbonyl (C=O) groups is 1. The topological polar surface area (TPSA) is 90.0 Å². The number of aryl methyl sites for hydroxylation is 1.